The van der Waals surface area contributed by atoms with Crippen molar-refractivity contribution < 1.29 is 4.79 Å². The fraction of sp³-hybridized carbons (Fsp3) is 0.455. The molecule has 1 aromatic rings. The third kappa shape index (κ3) is 3.51. The summed E-state index contributed by atoms with van der Waals surface area (Å²) in [6.07, 6.45) is 0. The van der Waals surface area contributed by atoms with Crippen molar-refractivity contribution in [2.75, 3.05) is 11.9 Å². The second kappa shape index (κ2) is 4.49. The van der Waals surface area contributed by atoms with E-state index >= 15 is 0 Å². The van der Waals surface area contributed by atoms with E-state index in [2.05, 4.69) is 10.3 Å². The van der Waals surface area contributed by atoms with Crippen LogP contribution in [0, 0.1) is 6.92 Å². The molecule has 0 fully saturated rings. The second-order valence-electron chi connectivity index (χ2n) is 4.56. The molecule has 5 nitrogen and oxygen atoms in total. The average Bonchev–Trinajstić information content (AvgIpc) is 2.13. The van der Waals surface area contributed by atoms with Gasteiger partial charge in [-0.2, -0.15) is 0 Å². The summed E-state index contributed by atoms with van der Waals surface area (Å²) < 4.78 is 0. The Morgan fingerprint density at radius 2 is 2.12 bits per heavy atom. The van der Waals surface area contributed by atoms with Gasteiger partial charge >= 0.3 is 0 Å². The maximum Gasteiger partial charge on any atom is 0.252 e. The molecule has 5 heteroatoms. The van der Waals surface area contributed by atoms with E-state index in [1.807, 2.05) is 20.8 Å². The van der Waals surface area contributed by atoms with Crippen LogP contribution in [0.2, 0.25) is 0 Å². The molecule has 0 radical (unpaired) electrons. The highest BCUT2D eigenvalue weighted by atomic mass is 16.1. The number of nitrogens with zero attached hydrogens (tertiary/aromatic N) is 1. The van der Waals surface area contributed by atoms with E-state index in [1.54, 1.807) is 12.1 Å². The van der Waals surface area contributed by atoms with Crippen LogP contribution >= 0.6 is 0 Å². The molecule has 16 heavy (non-hydrogen) atoms. The van der Waals surface area contributed by atoms with Crippen LogP contribution in [0.3, 0.4) is 0 Å². The highest BCUT2D eigenvalue weighted by molar-refractivity contribution is 5.97. The van der Waals surface area contributed by atoms with Crippen molar-refractivity contribution in [3.8, 4) is 0 Å². The van der Waals surface area contributed by atoms with Crippen LogP contribution in [0.1, 0.15) is 29.9 Å². The van der Waals surface area contributed by atoms with Gasteiger partial charge in [0.1, 0.15) is 5.82 Å². The zero-order valence-electron chi connectivity index (χ0n) is 9.87. The maximum absolute atomic E-state index is 11.2. The van der Waals surface area contributed by atoms with Gasteiger partial charge in [0.2, 0.25) is 0 Å². The Hall–Kier alpha value is -1.62. The summed E-state index contributed by atoms with van der Waals surface area (Å²) in [5.41, 5.74) is 11.9. The maximum atomic E-state index is 11.2. The number of primary amides is 1. The lowest BCUT2D eigenvalue weighted by atomic mass is 10.1. The number of carbonyl (C=O) groups excluding carboxylic acids is 1. The number of carbonyl (C=O) groups is 1. The number of aromatic nitrogens is 1. The molecular weight excluding hydrogens is 204 g/mol. The normalized spacial score (nSPS) is 11.2. The van der Waals surface area contributed by atoms with E-state index in [0.29, 0.717) is 17.9 Å². The molecule has 0 saturated carbocycles. The summed E-state index contributed by atoms with van der Waals surface area (Å²) >= 11 is 0. The Labute approximate surface area is 95.2 Å². The molecule has 1 aromatic heterocycles. The number of nitrogens with two attached hydrogens (primary N) is 2. The molecular formula is C11H18N4O. The van der Waals surface area contributed by atoms with E-state index in [9.17, 15) is 4.79 Å². The monoisotopic (exact) mass is 222 g/mol. The zero-order chi connectivity index (χ0) is 12.3. The Kier molecular flexibility index (Phi) is 3.49. The number of nitrogens with one attached hydrogen (secondary N) is 1. The second-order valence-corrected chi connectivity index (χ2v) is 4.56. The fourth-order valence-corrected chi connectivity index (χ4v) is 1.20. The minimum Gasteiger partial charge on any atom is -0.368 e. The van der Waals surface area contributed by atoms with Crippen LogP contribution in [-0.4, -0.2) is 23.0 Å². The SMILES string of the molecule is Cc1ccc(C(N)=O)c(NCC(C)(C)N)n1. The molecule has 5 N–H and O–H groups in total. The first-order valence-electron chi connectivity index (χ1n) is 5.10. The van der Waals surface area contributed by atoms with Gasteiger partial charge in [-0.1, -0.05) is 0 Å². The minimum atomic E-state index is -0.496. The third-order valence-corrected chi connectivity index (χ3v) is 2.01. The quantitative estimate of drug-likeness (QED) is 0.696. The molecule has 1 rings (SSSR count). The Morgan fingerprint density at radius 1 is 1.50 bits per heavy atom. The molecule has 1 amide bonds. The Morgan fingerprint density at radius 3 is 2.62 bits per heavy atom. The van der Waals surface area contributed by atoms with E-state index in [1.165, 1.54) is 0 Å². The highest BCUT2D eigenvalue weighted by Crippen LogP contribution is 2.13. The van der Waals surface area contributed by atoms with Gasteiger partial charge in [-0.05, 0) is 32.9 Å². The van der Waals surface area contributed by atoms with Crippen molar-refractivity contribution >= 4 is 11.7 Å². The first kappa shape index (κ1) is 12.4. The Bertz CT molecular complexity index is 395. The van der Waals surface area contributed by atoms with Gasteiger partial charge in [0.25, 0.3) is 5.91 Å². The molecule has 0 aliphatic heterocycles. The summed E-state index contributed by atoms with van der Waals surface area (Å²) in [7, 11) is 0. The molecule has 1 heterocycles. The molecule has 0 spiro atoms. The van der Waals surface area contributed by atoms with Crippen LogP contribution in [-0.2, 0) is 0 Å². The molecule has 0 saturated heterocycles. The number of amides is 1. The Balaban J connectivity index is 2.93. The number of hydrogen-bond acceptors (Lipinski definition) is 4. The van der Waals surface area contributed by atoms with Crippen molar-refractivity contribution in [3.05, 3.63) is 23.4 Å². The number of rotatable bonds is 4. The van der Waals surface area contributed by atoms with Crippen molar-refractivity contribution in [2.45, 2.75) is 26.3 Å². The molecule has 88 valence electrons. The van der Waals surface area contributed by atoms with Crippen LogP contribution in [0.4, 0.5) is 5.82 Å². The highest BCUT2D eigenvalue weighted by Gasteiger charge is 2.14. The zero-order valence-corrected chi connectivity index (χ0v) is 9.87. The number of pyridine rings is 1. The van der Waals surface area contributed by atoms with Gasteiger partial charge in [-0.15, -0.1) is 0 Å². The first-order valence-corrected chi connectivity index (χ1v) is 5.10. The van der Waals surface area contributed by atoms with Crippen molar-refractivity contribution in [1.82, 2.24) is 4.98 Å². The summed E-state index contributed by atoms with van der Waals surface area (Å²) in [6, 6.07) is 3.41. The smallest absolute Gasteiger partial charge is 0.252 e. The van der Waals surface area contributed by atoms with E-state index in [0.717, 1.165) is 5.69 Å². The topological polar surface area (TPSA) is 94.0 Å². The van der Waals surface area contributed by atoms with Gasteiger partial charge in [0.15, 0.2) is 0 Å². The molecule has 0 bridgehead atoms. The van der Waals surface area contributed by atoms with Gasteiger partial charge in [0, 0.05) is 17.8 Å². The van der Waals surface area contributed by atoms with Crippen LogP contribution in [0.25, 0.3) is 0 Å². The lowest BCUT2D eigenvalue weighted by Gasteiger charge is -2.20. The van der Waals surface area contributed by atoms with E-state index in [4.69, 9.17) is 11.5 Å². The molecule has 0 aliphatic rings. The number of aryl methyl sites for hydroxylation is 1. The summed E-state index contributed by atoms with van der Waals surface area (Å²) in [4.78, 5) is 15.4. The third-order valence-electron chi connectivity index (χ3n) is 2.01. The number of anilines is 1. The van der Waals surface area contributed by atoms with Crippen LogP contribution < -0.4 is 16.8 Å². The van der Waals surface area contributed by atoms with Crippen molar-refractivity contribution in [3.63, 3.8) is 0 Å². The molecule has 0 aliphatic carbocycles. The molecule has 0 unspecified atom stereocenters. The number of hydrogen-bond donors (Lipinski definition) is 3. The average molecular weight is 222 g/mol. The largest absolute Gasteiger partial charge is 0.368 e. The van der Waals surface area contributed by atoms with E-state index in [-0.39, 0.29) is 5.54 Å². The van der Waals surface area contributed by atoms with Crippen LogP contribution in [0.5, 0.6) is 0 Å². The summed E-state index contributed by atoms with van der Waals surface area (Å²) in [5, 5.41) is 3.04. The molecule has 0 atom stereocenters. The minimum absolute atomic E-state index is 0.375. The van der Waals surface area contributed by atoms with Gasteiger partial charge in [-0.3, -0.25) is 4.79 Å². The first-order chi connectivity index (χ1) is 7.29. The fourth-order valence-electron chi connectivity index (χ4n) is 1.20. The van der Waals surface area contributed by atoms with Gasteiger partial charge in [-0.25, -0.2) is 4.98 Å². The standard InChI is InChI=1S/C11H18N4O/c1-7-4-5-8(9(12)16)10(15-7)14-6-11(2,3)13/h4-5H,6,13H2,1-3H3,(H2,12,16)(H,14,15). The summed E-state index contributed by atoms with van der Waals surface area (Å²) in [5.74, 6) is -0.00384. The van der Waals surface area contributed by atoms with Gasteiger partial charge < -0.3 is 16.8 Å². The van der Waals surface area contributed by atoms with Crippen molar-refractivity contribution in [1.29, 1.82) is 0 Å². The lowest BCUT2D eigenvalue weighted by Crippen LogP contribution is -2.40. The lowest BCUT2D eigenvalue weighted by molar-refractivity contribution is 0.100. The van der Waals surface area contributed by atoms with E-state index < -0.39 is 5.91 Å². The molecule has 0 aromatic carbocycles. The van der Waals surface area contributed by atoms with Crippen molar-refractivity contribution in [2.24, 2.45) is 11.5 Å². The van der Waals surface area contributed by atoms with Gasteiger partial charge in [0.05, 0.1) is 5.56 Å². The van der Waals surface area contributed by atoms with Crippen LogP contribution in [0.15, 0.2) is 12.1 Å². The predicted molar refractivity (Wildman–Crippen MR) is 64.2 cm³/mol. The predicted octanol–water partition coefficient (Wildman–Crippen LogP) is 0.638. The summed E-state index contributed by atoms with van der Waals surface area (Å²) in [6.45, 7) is 6.15.